The number of carbonyl (C=O) groups is 1. The Labute approximate surface area is 464 Å². The number of aliphatic hydroxyl groups is 5. The fourth-order valence-electron chi connectivity index (χ4n) is 8.71. The van der Waals surface area contributed by atoms with Crippen molar-refractivity contribution in [1.29, 1.82) is 0 Å². The van der Waals surface area contributed by atoms with Gasteiger partial charge in [-0.05, 0) is 96.3 Å². The maximum Gasteiger partial charge on any atom is 0.220 e. The molecule has 0 spiro atoms. The highest BCUT2D eigenvalue weighted by Crippen LogP contribution is 2.23. The van der Waals surface area contributed by atoms with Crippen LogP contribution in [0.15, 0.2) is 134 Å². The zero-order chi connectivity index (χ0) is 55.0. The van der Waals surface area contributed by atoms with Crippen molar-refractivity contribution in [3.63, 3.8) is 0 Å². The molecule has 0 aromatic heterocycles. The molecule has 6 N–H and O–H groups in total. The molecule has 0 radical (unpaired) electrons. The van der Waals surface area contributed by atoms with Gasteiger partial charge in [-0.1, -0.05) is 257 Å². The van der Waals surface area contributed by atoms with Crippen molar-refractivity contribution in [2.45, 2.75) is 269 Å². The summed E-state index contributed by atoms with van der Waals surface area (Å²) in [6.45, 7) is 3.64. The molecule has 76 heavy (non-hydrogen) atoms. The van der Waals surface area contributed by atoms with Gasteiger partial charge in [0.2, 0.25) is 5.91 Å². The molecule has 432 valence electrons. The lowest BCUT2D eigenvalue weighted by atomic mass is 9.99. The number of hydrogen-bond donors (Lipinski definition) is 6. The van der Waals surface area contributed by atoms with Gasteiger partial charge in [0, 0.05) is 6.42 Å². The van der Waals surface area contributed by atoms with Gasteiger partial charge in [0.25, 0.3) is 0 Å². The molecule has 1 saturated heterocycles. The Morgan fingerprint density at radius 2 is 0.816 bits per heavy atom. The third-order valence-electron chi connectivity index (χ3n) is 13.5. The lowest BCUT2D eigenvalue weighted by Gasteiger charge is -2.40. The number of unbranched alkanes of at least 4 members (excludes halogenated alkanes) is 20. The number of ether oxygens (including phenoxy) is 2. The number of aliphatic hydroxyl groups excluding tert-OH is 5. The maximum absolute atomic E-state index is 13.1. The molecular formula is C67H111NO8. The first kappa shape index (κ1) is 70.3. The first-order valence-corrected chi connectivity index (χ1v) is 30.4. The van der Waals surface area contributed by atoms with Gasteiger partial charge in [-0.2, -0.15) is 0 Å². The van der Waals surface area contributed by atoms with Crippen LogP contribution in [0.2, 0.25) is 0 Å². The van der Waals surface area contributed by atoms with E-state index in [0.717, 1.165) is 96.3 Å². The first-order chi connectivity index (χ1) is 37.3. The lowest BCUT2D eigenvalue weighted by Crippen LogP contribution is -2.60. The summed E-state index contributed by atoms with van der Waals surface area (Å²) in [5.74, 6) is -0.223. The van der Waals surface area contributed by atoms with Crippen molar-refractivity contribution in [2.24, 2.45) is 0 Å². The summed E-state index contributed by atoms with van der Waals surface area (Å²) in [5, 5.41) is 54.5. The van der Waals surface area contributed by atoms with Gasteiger partial charge in [-0.25, -0.2) is 0 Å². The van der Waals surface area contributed by atoms with E-state index in [4.69, 9.17) is 9.47 Å². The highest BCUT2D eigenvalue weighted by Gasteiger charge is 2.44. The minimum Gasteiger partial charge on any atom is -0.394 e. The van der Waals surface area contributed by atoms with Crippen LogP contribution in [0.5, 0.6) is 0 Å². The summed E-state index contributed by atoms with van der Waals surface area (Å²) in [5.41, 5.74) is 0. The van der Waals surface area contributed by atoms with Crippen LogP contribution in [0.3, 0.4) is 0 Å². The average Bonchev–Trinajstić information content (AvgIpc) is 3.42. The van der Waals surface area contributed by atoms with E-state index in [1.165, 1.54) is 103 Å². The minimum atomic E-state index is -1.58. The Kier molecular flexibility index (Phi) is 50.6. The van der Waals surface area contributed by atoms with E-state index in [-0.39, 0.29) is 18.9 Å². The fraction of sp³-hybridized carbons (Fsp3) is 0.657. The summed E-state index contributed by atoms with van der Waals surface area (Å²) in [7, 11) is 0. The number of amides is 1. The monoisotopic (exact) mass is 1060 g/mol. The van der Waals surface area contributed by atoms with Crippen LogP contribution in [0, 0.1) is 0 Å². The molecule has 1 fully saturated rings. The summed E-state index contributed by atoms with van der Waals surface area (Å²) in [6.07, 6.45) is 76.6. The number of allylic oxidation sites excluding steroid dienone is 21. The van der Waals surface area contributed by atoms with E-state index >= 15 is 0 Å². The molecule has 0 aromatic carbocycles. The van der Waals surface area contributed by atoms with Crippen LogP contribution in [-0.2, 0) is 14.3 Å². The lowest BCUT2D eigenvalue weighted by molar-refractivity contribution is -0.302. The smallest absolute Gasteiger partial charge is 0.220 e. The van der Waals surface area contributed by atoms with Gasteiger partial charge in [-0.3, -0.25) is 4.79 Å². The van der Waals surface area contributed by atoms with Crippen LogP contribution in [-0.4, -0.2) is 87.5 Å². The number of nitrogens with one attached hydrogen (secondary N) is 1. The molecule has 0 aliphatic carbocycles. The van der Waals surface area contributed by atoms with E-state index in [1.54, 1.807) is 6.08 Å². The Hall–Kier alpha value is -3.67. The standard InChI is InChI=1S/C67H111NO8/c1-3-5-7-9-11-13-15-17-19-21-23-25-26-27-28-29-30-31-32-33-34-35-36-37-39-41-43-45-47-49-51-53-55-57-63(71)68-60(59-75-67-66(74)65(73)64(72)62(58-69)76-67)61(70)56-54-52-50-48-46-44-42-40-38-24-22-20-18-16-14-12-10-8-6-4-2/h5,7,11,13,17,19,23,25,27-28,30-31,33-34,36-37,41,43,47,49,54,56,60-62,64-67,69-70,72-74H,3-4,6,8-10,12,14-16,18,20-22,24,26,29,32,35,38-40,42,44-46,48,50-53,55,57-59H2,1-2H3,(H,68,71)/b7-5-,13-11-,19-17-,25-23-,28-27-,31-30-,34-33-,37-36-,43-41-,49-47-,56-54+. The van der Waals surface area contributed by atoms with Gasteiger partial charge < -0.3 is 40.3 Å². The molecule has 1 heterocycles. The fourth-order valence-corrected chi connectivity index (χ4v) is 8.71. The summed E-state index contributed by atoms with van der Waals surface area (Å²) < 4.78 is 11.3. The van der Waals surface area contributed by atoms with Crippen molar-refractivity contribution >= 4 is 5.91 Å². The van der Waals surface area contributed by atoms with Gasteiger partial charge in [0.05, 0.1) is 25.4 Å². The van der Waals surface area contributed by atoms with Crippen LogP contribution in [0.25, 0.3) is 0 Å². The van der Waals surface area contributed by atoms with Crippen molar-refractivity contribution in [3.05, 3.63) is 134 Å². The largest absolute Gasteiger partial charge is 0.394 e. The molecule has 1 amide bonds. The zero-order valence-corrected chi connectivity index (χ0v) is 48.0. The average molecular weight is 1060 g/mol. The van der Waals surface area contributed by atoms with Crippen LogP contribution >= 0.6 is 0 Å². The highest BCUT2D eigenvalue weighted by atomic mass is 16.7. The predicted octanol–water partition coefficient (Wildman–Crippen LogP) is 15.7. The quantitative estimate of drug-likeness (QED) is 0.0261. The summed E-state index contributed by atoms with van der Waals surface area (Å²) in [6, 6.07) is -0.839. The number of carbonyl (C=O) groups excluding carboxylic acids is 1. The molecule has 1 aliphatic rings. The molecule has 9 nitrogen and oxygen atoms in total. The summed E-state index contributed by atoms with van der Waals surface area (Å²) >= 11 is 0. The van der Waals surface area contributed by atoms with Crippen LogP contribution < -0.4 is 5.32 Å². The third kappa shape index (κ3) is 43.3. The van der Waals surface area contributed by atoms with Gasteiger partial charge in [-0.15, -0.1) is 0 Å². The molecule has 0 bridgehead atoms. The summed E-state index contributed by atoms with van der Waals surface area (Å²) in [4.78, 5) is 13.1. The molecular weight excluding hydrogens is 947 g/mol. The Morgan fingerprint density at radius 1 is 0.461 bits per heavy atom. The third-order valence-corrected chi connectivity index (χ3v) is 13.5. The first-order valence-electron chi connectivity index (χ1n) is 30.4. The van der Waals surface area contributed by atoms with Crippen molar-refractivity contribution < 1.29 is 39.8 Å². The van der Waals surface area contributed by atoms with Crippen LogP contribution in [0.1, 0.15) is 226 Å². The Morgan fingerprint density at radius 3 is 1.21 bits per heavy atom. The van der Waals surface area contributed by atoms with Gasteiger partial charge >= 0.3 is 0 Å². The van der Waals surface area contributed by atoms with Gasteiger partial charge in [0.15, 0.2) is 6.29 Å². The molecule has 7 unspecified atom stereocenters. The van der Waals surface area contributed by atoms with Gasteiger partial charge in [0.1, 0.15) is 24.4 Å². The van der Waals surface area contributed by atoms with Crippen molar-refractivity contribution in [3.8, 4) is 0 Å². The van der Waals surface area contributed by atoms with Crippen molar-refractivity contribution in [2.75, 3.05) is 13.2 Å². The molecule has 9 heteroatoms. The molecule has 0 aromatic rings. The second kappa shape index (κ2) is 54.7. The maximum atomic E-state index is 13.1. The SMILES string of the molecule is CC/C=C\C/C=C\C/C=C\C/C=C\C/C=C\C/C=C\C/C=C\C/C=C\C/C=C\C/C=C\CCCCC(=O)NC(COC1OC(CO)C(O)C(O)C1O)C(O)/C=C/CCCCCCCCCCCCCCCCCCCC. The topological polar surface area (TPSA) is 149 Å². The molecule has 7 atom stereocenters. The highest BCUT2D eigenvalue weighted by molar-refractivity contribution is 5.76. The van der Waals surface area contributed by atoms with E-state index in [0.29, 0.717) is 6.42 Å². The van der Waals surface area contributed by atoms with Crippen LogP contribution in [0.4, 0.5) is 0 Å². The Bertz CT molecular complexity index is 1650. The van der Waals surface area contributed by atoms with E-state index in [2.05, 4.69) is 141 Å². The second-order valence-electron chi connectivity index (χ2n) is 20.4. The van der Waals surface area contributed by atoms with Crippen molar-refractivity contribution in [1.82, 2.24) is 5.32 Å². The second-order valence-corrected chi connectivity index (χ2v) is 20.4. The Balaban J connectivity index is 2.27. The normalized spacial score (nSPS) is 19.8. The molecule has 1 rings (SSSR count). The van der Waals surface area contributed by atoms with E-state index in [9.17, 15) is 30.3 Å². The zero-order valence-electron chi connectivity index (χ0n) is 48.0. The molecule has 1 aliphatic heterocycles. The molecule has 0 saturated carbocycles. The number of hydrogen-bond acceptors (Lipinski definition) is 8. The van der Waals surface area contributed by atoms with E-state index in [1.807, 2.05) is 6.08 Å². The van der Waals surface area contributed by atoms with E-state index < -0.39 is 49.5 Å². The number of rotatable bonds is 50. The minimum absolute atomic E-state index is 0.214. The predicted molar refractivity (Wildman–Crippen MR) is 322 cm³/mol.